The van der Waals surface area contributed by atoms with Crippen molar-refractivity contribution in [3.8, 4) is 0 Å². The van der Waals surface area contributed by atoms with E-state index in [-0.39, 0.29) is 23.6 Å². The van der Waals surface area contributed by atoms with Crippen molar-refractivity contribution in [1.29, 1.82) is 0 Å². The third-order valence-corrected chi connectivity index (χ3v) is 3.22. The van der Waals surface area contributed by atoms with Crippen LogP contribution in [-0.2, 0) is 4.79 Å². The largest absolute Gasteiger partial charge is 0.481 e. The van der Waals surface area contributed by atoms with Gasteiger partial charge < -0.3 is 14.9 Å². The highest BCUT2D eigenvalue weighted by atomic mass is 16.5. The maximum atomic E-state index is 11.8. The number of carbonyl (C=O) groups is 2. The zero-order valence-electron chi connectivity index (χ0n) is 10.2. The molecule has 0 aromatic carbocycles. The van der Waals surface area contributed by atoms with Gasteiger partial charge in [-0.25, -0.2) is 0 Å². The van der Waals surface area contributed by atoms with Crippen LogP contribution in [0.15, 0.2) is 10.6 Å². The molecule has 1 amide bonds. The molecule has 0 aliphatic heterocycles. The van der Waals surface area contributed by atoms with E-state index >= 15 is 0 Å². The lowest BCUT2D eigenvalue weighted by atomic mass is 9.86. The summed E-state index contributed by atoms with van der Waals surface area (Å²) in [5.74, 6) is -0.871. The van der Waals surface area contributed by atoms with Gasteiger partial charge in [-0.3, -0.25) is 9.59 Å². The number of nitrogens with one attached hydrogen (secondary N) is 1. The molecule has 1 heterocycles. The molecule has 2 N–H and O–H groups in total. The van der Waals surface area contributed by atoms with Crippen LogP contribution >= 0.6 is 0 Å². The molecule has 0 spiro atoms. The first-order valence-electron chi connectivity index (χ1n) is 6.03. The minimum absolute atomic E-state index is 0.0932. The summed E-state index contributed by atoms with van der Waals surface area (Å²) < 4.78 is 4.83. The molecular weight excluding hydrogens is 236 g/mol. The van der Waals surface area contributed by atoms with Crippen LogP contribution in [0.2, 0.25) is 0 Å². The van der Waals surface area contributed by atoms with Crippen LogP contribution in [0.4, 0.5) is 0 Å². The Bertz CT molecular complexity index is 455. The Morgan fingerprint density at radius 2 is 2.28 bits per heavy atom. The summed E-state index contributed by atoms with van der Waals surface area (Å²) in [4.78, 5) is 22.7. The summed E-state index contributed by atoms with van der Waals surface area (Å²) in [7, 11) is 0. The van der Waals surface area contributed by atoms with E-state index in [0.717, 1.165) is 12.8 Å². The number of aromatic nitrogens is 1. The summed E-state index contributed by atoms with van der Waals surface area (Å²) in [6, 6.07) is 1.47. The molecule has 2 atom stereocenters. The molecule has 18 heavy (non-hydrogen) atoms. The van der Waals surface area contributed by atoms with Crippen LogP contribution in [0.1, 0.15) is 41.9 Å². The summed E-state index contributed by atoms with van der Waals surface area (Å²) in [6.07, 6.45) is 2.80. The van der Waals surface area contributed by atoms with Gasteiger partial charge in [0.25, 0.3) is 5.91 Å². The van der Waals surface area contributed by atoms with Gasteiger partial charge in [0.05, 0.1) is 5.92 Å². The van der Waals surface area contributed by atoms with Crippen molar-refractivity contribution >= 4 is 11.9 Å². The molecule has 1 aromatic rings. The minimum atomic E-state index is -0.786. The molecule has 2 rings (SSSR count). The number of aliphatic carboxylic acids is 1. The fraction of sp³-hybridized carbons (Fsp3) is 0.583. The normalized spacial score (nSPS) is 23.6. The Kier molecular flexibility index (Phi) is 3.64. The van der Waals surface area contributed by atoms with Gasteiger partial charge in [-0.2, -0.15) is 0 Å². The van der Waals surface area contributed by atoms with Gasteiger partial charge in [-0.15, -0.1) is 0 Å². The standard InChI is InChI=1S/C12H16N2O4/c1-7-5-10(14-18-7)11(15)13-9-4-2-3-8(6-9)12(16)17/h5,8-9H,2-4,6H2,1H3,(H,13,15)(H,16,17). The van der Waals surface area contributed by atoms with E-state index in [1.54, 1.807) is 13.0 Å². The first-order chi connectivity index (χ1) is 8.56. The van der Waals surface area contributed by atoms with E-state index in [9.17, 15) is 9.59 Å². The molecule has 1 saturated carbocycles. The number of carboxylic acids is 1. The van der Waals surface area contributed by atoms with Gasteiger partial charge in [0.2, 0.25) is 0 Å². The third kappa shape index (κ3) is 2.88. The van der Waals surface area contributed by atoms with Crippen molar-refractivity contribution in [2.75, 3.05) is 0 Å². The van der Waals surface area contributed by atoms with Gasteiger partial charge in [-0.05, 0) is 26.2 Å². The summed E-state index contributed by atoms with van der Waals surface area (Å²) in [6.45, 7) is 1.71. The molecule has 0 saturated heterocycles. The van der Waals surface area contributed by atoms with Crippen molar-refractivity contribution in [2.24, 2.45) is 5.92 Å². The first kappa shape index (κ1) is 12.6. The van der Waals surface area contributed by atoms with Gasteiger partial charge in [-0.1, -0.05) is 11.6 Å². The number of carboxylic acid groups (broad SMARTS) is 1. The number of hydrogen-bond acceptors (Lipinski definition) is 4. The SMILES string of the molecule is Cc1cc(C(=O)NC2CCCC(C(=O)O)C2)no1. The van der Waals surface area contributed by atoms with E-state index < -0.39 is 5.97 Å². The van der Waals surface area contributed by atoms with Crippen LogP contribution < -0.4 is 5.32 Å². The van der Waals surface area contributed by atoms with Crippen LogP contribution in [0.25, 0.3) is 0 Å². The van der Waals surface area contributed by atoms with Crippen molar-refractivity contribution in [3.63, 3.8) is 0 Å². The number of amides is 1. The lowest BCUT2D eigenvalue weighted by molar-refractivity contribution is -0.143. The Morgan fingerprint density at radius 3 is 2.89 bits per heavy atom. The van der Waals surface area contributed by atoms with Crippen molar-refractivity contribution in [1.82, 2.24) is 10.5 Å². The number of aryl methyl sites for hydroxylation is 1. The highest BCUT2D eigenvalue weighted by Crippen LogP contribution is 2.24. The molecule has 6 heteroatoms. The molecule has 1 fully saturated rings. The average Bonchev–Trinajstić information content (AvgIpc) is 2.76. The van der Waals surface area contributed by atoms with Gasteiger partial charge in [0.15, 0.2) is 5.69 Å². The Hall–Kier alpha value is -1.85. The van der Waals surface area contributed by atoms with E-state index in [2.05, 4.69) is 10.5 Å². The predicted molar refractivity (Wildman–Crippen MR) is 62.1 cm³/mol. The molecule has 6 nitrogen and oxygen atoms in total. The number of rotatable bonds is 3. The van der Waals surface area contributed by atoms with E-state index in [1.807, 2.05) is 0 Å². The van der Waals surface area contributed by atoms with Crippen LogP contribution in [-0.4, -0.2) is 28.2 Å². The average molecular weight is 252 g/mol. The molecule has 1 aliphatic carbocycles. The molecule has 1 aromatic heterocycles. The Morgan fingerprint density at radius 1 is 1.50 bits per heavy atom. The number of hydrogen-bond donors (Lipinski definition) is 2. The van der Waals surface area contributed by atoms with Crippen LogP contribution in [0.5, 0.6) is 0 Å². The van der Waals surface area contributed by atoms with Crippen molar-refractivity contribution < 1.29 is 19.2 Å². The smallest absolute Gasteiger partial charge is 0.306 e. The second-order valence-corrected chi connectivity index (χ2v) is 4.69. The highest BCUT2D eigenvalue weighted by molar-refractivity contribution is 5.92. The number of nitrogens with zero attached hydrogens (tertiary/aromatic N) is 1. The van der Waals surface area contributed by atoms with E-state index in [4.69, 9.17) is 9.63 Å². The van der Waals surface area contributed by atoms with Crippen molar-refractivity contribution in [3.05, 3.63) is 17.5 Å². The molecule has 0 radical (unpaired) electrons. The van der Waals surface area contributed by atoms with Crippen LogP contribution in [0, 0.1) is 12.8 Å². The maximum absolute atomic E-state index is 11.8. The molecule has 1 aliphatic rings. The maximum Gasteiger partial charge on any atom is 0.306 e. The number of carbonyl (C=O) groups excluding carboxylic acids is 1. The zero-order chi connectivity index (χ0) is 13.1. The topological polar surface area (TPSA) is 92.4 Å². The summed E-state index contributed by atoms with van der Waals surface area (Å²) in [5, 5.41) is 15.4. The lowest BCUT2D eigenvalue weighted by Crippen LogP contribution is -2.40. The molecule has 98 valence electrons. The fourth-order valence-corrected chi connectivity index (χ4v) is 2.28. The Balaban J connectivity index is 1.93. The second kappa shape index (κ2) is 5.20. The fourth-order valence-electron chi connectivity index (χ4n) is 2.28. The summed E-state index contributed by atoms with van der Waals surface area (Å²) >= 11 is 0. The Labute approximate surface area is 104 Å². The van der Waals surface area contributed by atoms with E-state index in [1.165, 1.54) is 0 Å². The van der Waals surface area contributed by atoms with Gasteiger partial charge in [0.1, 0.15) is 5.76 Å². The molecule has 0 bridgehead atoms. The highest BCUT2D eigenvalue weighted by Gasteiger charge is 2.28. The van der Waals surface area contributed by atoms with E-state index in [0.29, 0.717) is 18.6 Å². The summed E-state index contributed by atoms with van der Waals surface area (Å²) in [5.41, 5.74) is 0.241. The van der Waals surface area contributed by atoms with Gasteiger partial charge >= 0.3 is 5.97 Å². The minimum Gasteiger partial charge on any atom is -0.481 e. The van der Waals surface area contributed by atoms with Gasteiger partial charge in [0, 0.05) is 12.1 Å². The first-order valence-corrected chi connectivity index (χ1v) is 6.03. The lowest BCUT2D eigenvalue weighted by Gasteiger charge is -2.26. The quantitative estimate of drug-likeness (QED) is 0.847. The molecule has 2 unspecified atom stereocenters. The van der Waals surface area contributed by atoms with Crippen LogP contribution in [0.3, 0.4) is 0 Å². The second-order valence-electron chi connectivity index (χ2n) is 4.69. The van der Waals surface area contributed by atoms with Crippen molar-refractivity contribution in [2.45, 2.75) is 38.6 Å². The molecular formula is C12H16N2O4. The third-order valence-electron chi connectivity index (χ3n) is 3.22. The predicted octanol–water partition coefficient (Wildman–Crippen LogP) is 1.36. The zero-order valence-corrected chi connectivity index (χ0v) is 10.2. The monoisotopic (exact) mass is 252 g/mol.